The molecular formula is C15H7F8NO. The zero-order chi connectivity index (χ0) is 19.1. The van der Waals surface area contributed by atoms with Crippen LogP contribution < -0.4 is 5.32 Å². The number of benzene rings is 2. The van der Waals surface area contributed by atoms with Crippen molar-refractivity contribution in [1.82, 2.24) is 0 Å². The quantitative estimate of drug-likeness (QED) is 0.588. The van der Waals surface area contributed by atoms with Gasteiger partial charge in [-0.2, -0.15) is 13.2 Å². The van der Waals surface area contributed by atoms with Gasteiger partial charge < -0.3 is 5.32 Å². The van der Waals surface area contributed by atoms with Gasteiger partial charge in [0.15, 0.2) is 23.3 Å². The Labute approximate surface area is 135 Å². The van der Waals surface area contributed by atoms with Crippen molar-refractivity contribution in [2.75, 3.05) is 5.32 Å². The van der Waals surface area contributed by atoms with E-state index in [1.165, 1.54) is 18.3 Å². The summed E-state index contributed by atoms with van der Waals surface area (Å²) in [5.41, 5.74) is -4.92. The second-order valence-electron chi connectivity index (χ2n) is 4.94. The smallest absolute Gasteiger partial charge is 0.317 e. The fourth-order valence-corrected chi connectivity index (χ4v) is 1.98. The summed E-state index contributed by atoms with van der Waals surface area (Å²) in [5.74, 6) is -13.0. The molecule has 2 nitrogen and oxygen atoms in total. The normalized spacial score (nSPS) is 11.6. The predicted molar refractivity (Wildman–Crippen MR) is 70.4 cm³/mol. The number of alkyl halides is 3. The molecule has 10 heteroatoms. The summed E-state index contributed by atoms with van der Waals surface area (Å²) in [4.78, 5) is 11.8. The van der Waals surface area contributed by atoms with E-state index in [1.54, 1.807) is 0 Å². The van der Waals surface area contributed by atoms with Gasteiger partial charge in [-0.25, -0.2) is 22.0 Å². The van der Waals surface area contributed by atoms with Gasteiger partial charge in [0, 0.05) is 0 Å². The monoisotopic (exact) mass is 369 g/mol. The highest BCUT2D eigenvalue weighted by Crippen LogP contribution is 2.38. The fourth-order valence-electron chi connectivity index (χ4n) is 1.98. The molecule has 0 bridgehead atoms. The standard InChI is InChI=1S/C15H7F8NO/c1-5-2-3-7(16)6(4-5)14(25)24-13-11(19)9(17)8(15(21,22)23)10(18)12(13)20/h2-4H,1H3,(H,24,25). The molecule has 25 heavy (non-hydrogen) atoms. The van der Waals surface area contributed by atoms with Crippen LogP contribution in [0.15, 0.2) is 18.2 Å². The Balaban J connectivity index is 2.54. The number of amides is 1. The molecule has 0 aliphatic rings. The molecule has 0 heterocycles. The average molecular weight is 369 g/mol. The third-order valence-electron chi connectivity index (χ3n) is 3.15. The molecule has 0 fully saturated rings. The molecule has 0 radical (unpaired) electrons. The first-order chi connectivity index (χ1) is 11.4. The van der Waals surface area contributed by atoms with E-state index >= 15 is 0 Å². The number of nitrogens with one attached hydrogen (secondary N) is 1. The number of carbonyl (C=O) groups excluding carboxylic acids is 1. The Kier molecular flexibility index (Phi) is 4.74. The van der Waals surface area contributed by atoms with Crippen molar-refractivity contribution in [1.29, 1.82) is 0 Å². The highest BCUT2D eigenvalue weighted by atomic mass is 19.4. The molecule has 2 aromatic rings. The van der Waals surface area contributed by atoms with Crippen LogP contribution >= 0.6 is 0 Å². The van der Waals surface area contributed by atoms with Gasteiger partial charge in [0.1, 0.15) is 17.1 Å². The molecule has 0 aromatic heterocycles. The highest BCUT2D eigenvalue weighted by Gasteiger charge is 2.42. The van der Waals surface area contributed by atoms with Crippen LogP contribution in [-0.2, 0) is 6.18 Å². The van der Waals surface area contributed by atoms with E-state index < -0.39 is 58.0 Å². The van der Waals surface area contributed by atoms with Crippen molar-refractivity contribution in [3.8, 4) is 0 Å². The SMILES string of the molecule is Cc1ccc(F)c(C(=O)Nc2c(F)c(F)c(C(F)(F)F)c(F)c2F)c1. The minimum Gasteiger partial charge on any atom is -0.317 e. The van der Waals surface area contributed by atoms with Crippen LogP contribution in [-0.4, -0.2) is 5.91 Å². The second-order valence-corrected chi connectivity index (χ2v) is 4.94. The predicted octanol–water partition coefficient (Wildman–Crippen LogP) is 4.96. The van der Waals surface area contributed by atoms with E-state index in [0.717, 1.165) is 12.1 Å². The van der Waals surface area contributed by atoms with Crippen LogP contribution in [0.1, 0.15) is 21.5 Å². The van der Waals surface area contributed by atoms with Gasteiger partial charge >= 0.3 is 6.18 Å². The molecule has 0 saturated heterocycles. The number of hydrogen-bond acceptors (Lipinski definition) is 1. The summed E-state index contributed by atoms with van der Waals surface area (Å²) in [6.45, 7) is 1.45. The first kappa shape index (κ1) is 18.7. The Hall–Kier alpha value is -2.65. The van der Waals surface area contributed by atoms with Gasteiger partial charge in [-0.3, -0.25) is 4.79 Å². The third-order valence-corrected chi connectivity index (χ3v) is 3.15. The third kappa shape index (κ3) is 3.42. The van der Waals surface area contributed by atoms with Gasteiger partial charge in [-0.15, -0.1) is 0 Å². The zero-order valence-corrected chi connectivity index (χ0v) is 12.2. The molecular weight excluding hydrogens is 362 g/mol. The second kappa shape index (κ2) is 6.34. The van der Waals surface area contributed by atoms with E-state index in [2.05, 4.69) is 0 Å². The van der Waals surface area contributed by atoms with Crippen molar-refractivity contribution in [3.63, 3.8) is 0 Å². The summed E-state index contributed by atoms with van der Waals surface area (Å²) >= 11 is 0. The minimum absolute atomic E-state index is 0.372. The van der Waals surface area contributed by atoms with Crippen molar-refractivity contribution in [3.05, 3.63) is 64.0 Å². The molecule has 0 aliphatic heterocycles. The number of anilines is 1. The lowest BCUT2D eigenvalue weighted by Crippen LogP contribution is -2.21. The zero-order valence-electron chi connectivity index (χ0n) is 12.2. The van der Waals surface area contributed by atoms with E-state index in [9.17, 15) is 39.9 Å². The van der Waals surface area contributed by atoms with Crippen molar-refractivity contribution < 1.29 is 39.9 Å². The van der Waals surface area contributed by atoms with Gasteiger partial charge in [0.05, 0.1) is 5.56 Å². The number of hydrogen-bond donors (Lipinski definition) is 1. The van der Waals surface area contributed by atoms with E-state index in [-0.39, 0.29) is 0 Å². The van der Waals surface area contributed by atoms with Crippen LogP contribution in [0.5, 0.6) is 0 Å². The van der Waals surface area contributed by atoms with Crippen LogP contribution in [0.25, 0.3) is 0 Å². The first-order valence-corrected chi connectivity index (χ1v) is 6.45. The summed E-state index contributed by atoms with van der Waals surface area (Å²) in [7, 11) is 0. The van der Waals surface area contributed by atoms with E-state index in [1.807, 2.05) is 0 Å². The molecule has 0 unspecified atom stereocenters. The molecule has 134 valence electrons. The molecule has 0 atom stereocenters. The Bertz CT molecular complexity index is 831. The molecule has 0 spiro atoms. The topological polar surface area (TPSA) is 29.1 Å². The van der Waals surface area contributed by atoms with Gasteiger partial charge in [-0.05, 0) is 19.1 Å². The van der Waals surface area contributed by atoms with Crippen LogP contribution in [0.3, 0.4) is 0 Å². The Morgan fingerprint density at radius 1 is 0.920 bits per heavy atom. The summed E-state index contributed by atoms with van der Waals surface area (Å²) in [6, 6.07) is 3.09. The molecule has 0 aliphatic carbocycles. The molecule has 1 N–H and O–H groups in total. The maximum atomic E-state index is 13.7. The lowest BCUT2D eigenvalue weighted by atomic mass is 10.1. The van der Waals surface area contributed by atoms with Crippen molar-refractivity contribution in [2.45, 2.75) is 13.1 Å². The number of carbonyl (C=O) groups is 1. The largest absolute Gasteiger partial charge is 0.422 e. The molecule has 0 saturated carbocycles. The van der Waals surface area contributed by atoms with Gasteiger partial charge in [0.25, 0.3) is 5.91 Å². The van der Waals surface area contributed by atoms with Crippen LogP contribution in [0, 0.1) is 36.0 Å². The van der Waals surface area contributed by atoms with Crippen LogP contribution in [0.4, 0.5) is 40.8 Å². The van der Waals surface area contributed by atoms with E-state index in [0.29, 0.717) is 5.56 Å². The Morgan fingerprint density at radius 2 is 1.44 bits per heavy atom. The Morgan fingerprint density at radius 3 is 1.92 bits per heavy atom. The van der Waals surface area contributed by atoms with Gasteiger partial charge in [-0.1, -0.05) is 11.6 Å². The maximum Gasteiger partial charge on any atom is 0.422 e. The fraction of sp³-hybridized carbons (Fsp3) is 0.133. The lowest BCUT2D eigenvalue weighted by Gasteiger charge is -2.15. The lowest BCUT2D eigenvalue weighted by molar-refractivity contribution is -0.143. The number of rotatable bonds is 2. The summed E-state index contributed by atoms with van der Waals surface area (Å²) in [5, 5.41) is 1.35. The first-order valence-electron chi connectivity index (χ1n) is 6.45. The minimum atomic E-state index is -5.71. The molecule has 1 amide bonds. The average Bonchev–Trinajstić information content (AvgIpc) is 2.50. The van der Waals surface area contributed by atoms with Crippen LogP contribution in [0.2, 0.25) is 0 Å². The summed E-state index contributed by atoms with van der Waals surface area (Å²) < 4.78 is 105. The highest BCUT2D eigenvalue weighted by molar-refractivity contribution is 6.04. The summed E-state index contributed by atoms with van der Waals surface area (Å²) in [6.07, 6.45) is -5.71. The van der Waals surface area contributed by atoms with Crippen molar-refractivity contribution in [2.24, 2.45) is 0 Å². The molecule has 2 rings (SSSR count). The number of halogens is 8. The number of aryl methyl sites for hydroxylation is 1. The maximum absolute atomic E-state index is 13.7. The van der Waals surface area contributed by atoms with E-state index in [4.69, 9.17) is 0 Å². The molecule has 2 aromatic carbocycles. The van der Waals surface area contributed by atoms with Gasteiger partial charge in [0.2, 0.25) is 0 Å². The van der Waals surface area contributed by atoms with Crippen molar-refractivity contribution >= 4 is 11.6 Å².